The van der Waals surface area contributed by atoms with Crippen molar-refractivity contribution in [3.8, 4) is 11.5 Å². The Bertz CT molecular complexity index is 783. The third kappa shape index (κ3) is 7.05. The number of morpholine rings is 1. The maximum atomic E-state index is 6.06. The van der Waals surface area contributed by atoms with Crippen LogP contribution in [0.2, 0.25) is 10.0 Å². The predicted octanol–water partition coefficient (Wildman–Crippen LogP) is 4.39. The molecule has 1 fully saturated rings. The monoisotopic (exact) mass is 438 g/mol. The van der Waals surface area contributed by atoms with Crippen molar-refractivity contribution in [3.05, 3.63) is 57.6 Å². The number of benzene rings is 2. The van der Waals surface area contributed by atoms with Crippen LogP contribution in [0, 0.1) is 0 Å². The number of ether oxygens (including phenoxy) is 3. The van der Waals surface area contributed by atoms with Gasteiger partial charge >= 0.3 is 0 Å². The van der Waals surface area contributed by atoms with E-state index < -0.39 is 0 Å². The first-order chi connectivity index (χ1) is 14.2. The van der Waals surface area contributed by atoms with Crippen LogP contribution >= 0.6 is 23.2 Å². The summed E-state index contributed by atoms with van der Waals surface area (Å²) in [4.78, 5) is 2.45. The maximum Gasteiger partial charge on any atom is 0.161 e. The van der Waals surface area contributed by atoms with Gasteiger partial charge in [-0.15, -0.1) is 0 Å². The Hall–Kier alpha value is -1.50. The van der Waals surface area contributed by atoms with Gasteiger partial charge in [-0.25, -0.2) is 0 Å². The molecule has 2 aromatic rings. The van der Waals surface area contributed by atoms with Gasteiger partial charge in [0.05, 0.1) is 30.4 Å². The summed E-state index contributed by atoms with van der Waals surface area (Å²) in [7, 11) is 1.65. The highest BCUT2D eigenvalue weighted by Crippen LogP contribution is 2.29. The molecule has 1 N–H and O–H groups in total. The minimum atomic E-state index is 0.395. The number of rotatable bonds is 10. The quantitative estimate of drug-likeness (QED) is 0.557. The molecule has 0 bridgehead atoms. The molecule has 3 rings (SSSR count). The number of methoxy groups -OCH3 is 1. The van der Waals surface area contributed by atoms with Crippen molar-refractivity contribution in [1.29, 1.82) is 0 Å². The molecule has 0 aliphatic carbocycles. The Kier molecular flexibility index (Phi) is 8.90. The molecule has 0 aromatic heterocycles. The van der Waals surface area contributed by atoms with Crippen LogP contribution in [0.4, 0.5) is 0 Å². The van der Waals surface area contributed by atoms with Crippen molar-refractivity contribution in [1.82, 2.24) is 10.2 Å². The summed E-state index contributed by atoms with van der Waals surface area (Å²) in [5, 5.41) is 4.56. The second-order valence-corrected chi connectivity index (χ2v) is 7.82. The van der Waals surface area contributed by atoms with Crippen LogP contribution in [0.25, 0.3) is 0 Å². The second kappa shape index (κ2) is 11.6. The highest BCUT2D eigenvalue weighted by molar-refractivity contribution is 6.42. The summed E-state index contributed by atoms with van der Waals surface area (Å²) in [5.41, 5.74) is 2.11. The SMILES string of the molecule is COc1cc(CNCCCN2CCOCC2)ccc1OCc1ccc(Cl)c(Cl)c1. The van der Waals surface area contributed by atoms with Crippen LogP contribution in [-0.4, -0.2) is 51.4 Å². The van der Waals surface area contributed by atoms with E-state index in [1.54, 1.807) is 13.2 Å². The predicted molar refractivity (Wildman–Crippen MR) is 117 cm³/mol. The van der Waals surface area contributed by atoms with E-state index in [1.165, 1.54) is 0 Å². The summed E-state index contributed by atoms with van der Waals surface area (Å²) in [6, 6.07) is 11.5. The van der Waals surface area contributed by atoms with Crippen molar-refractivity contribution in [3.63, 3.8) is 0 Å². The van der Waals surface area contributed by atoms with Crippen molar-refractivity contribution in [2.24, 2.45) is 0 Å². The lowest BCUT2D eigenvalue weighted by atomic mass is 10.2. The number of halogens is 2. The van der Waals surface area contributed by atoms with Crippen molar-refractivity contribution in [2.45, 2.75) is 19.6 Å². The summed E-state index contributed by atoms with van der Waals surface area (Å²) in [5.74, 6) is 1.42. The fourth-order valence-electron chi connectivity index (χ4n) is 3.22. The maximum absolute atomic E-state index is 6.06. The summed E-state index contributed by atoms with van der Waals surface area (Å²) in [6.07, 6.45) is 1.13. The zero-order chi connectivity index (χ0) is 20.5. The number of nitrogens with zero attached hydrogens (tertiary/aromatic N) is 1. The molecule has 1 heterocycles. The van der Waals surface area contributed by atoms with Crippen LogP contribution in [0.3, 0.4) is 0 Å². The van der Waals surface area contributed by atoms with Gasteiger partial charge in [-0.1, -0.05) is 35.3 Å². The molecule has 158 valence electrons. The molecule has 2 aromatic carbocycles. The molecule has 0 unspecified atom stereocenters. The van der Waals surface area contributed by atoms with E-state index in [-0.39, 0.29) is 0 Å². The van der Waals surface area contributed by atoms with Crippen LogP contribution in [0.1, 0.15) is 17.5 Å². The fraction of sp³-hybridized carbons (Fsp3) is 0.455. The Morgan fingerprint density at radius 1 is 1.00 bits per heavy atom. The molecular formula is C22H28Cl2N2O3. The van der Waals surface area contributed by atoms with Crippen LogP contribution in [0.5, 0.6) is 11.5 Å². The van der Waals surface area contributed by atoms with Crippen LogP contribution in [-0.2, 0) is 17.9 Å². The van der Waals surface area contributed by atoms with E-state index in [0.717, 1.165) is 69.2 Å². The van der Waals surface area contributed by atoms with E-state index in [4.69, 9.17) is 37.4 Å². The average molecular weight is 439 g/mol. The summed E-state index contributed by atoms with van der Waals surface area (Å²) >= 11 is 12.0. The zero-order valence-corrected chi connectivity index (χ0v) is 18.3. The van der Waals surface area contributed by atoms with Crippen LogP contribution < -0.4 is 14.8 Å². The topological polar surface area (TPSA) is 43.0 Å². The normalized spacial score (nSPS) is 14.7. The molecular weight excluding hydrogens is 411 g/mol. The van der Waals surface area contributed by atoms with Gasteiger partial charge in [-0.05, 0) is 54.9 Å². The number of nitrogens with one attached hydrogen (secondary N) is 1. The van der Waals surface area contributed by atoms with Crippen molar-refractivity contribution < 1.29 is 14.2 Å². The molecule has 1 saturated heterocycles. The smallest absolute Gasteiger partial charge is 0.161 e. The molecule has 1 aliphatic heterocycles. The van der Waals surface area contributed by atoms with E-state index >= 15 is 0 Å². The zero-order valence-electron chi connectivity index (χ0n) is 16.8. The lowest BCUT2D eigenvalue weighted by Gasteiger charge is -2.26. The van der Waals surface area contributed by atoms with Gasteiger partial charge < -0.3 is 19.5 Å². The minimum absolute atomic E-state index is 0.395. The fourth-order valence-corrected chi connectivity index (χ4v) is 3.54. The van der Waals surface area contributed by atoms with Gasteiger partial charge in [0.1, 0.15) is 6.61 Å². The number of hydrogen-bond donors (Lipinski definition) is 1. The Balaban J connectivity index is 1.44. The molecule has 0 spiro atoms. The third-order valence-corrected chi connectivity index (χ3v) is 5.61. The molecule has 5 nitrogen and oxygen atoms in total. The Morgan fingerprint density at radius 2 is 1.79 bits per heavy atom. The summed E-state index contributed by atoms with van der Waals surface area (Å²) < 4.78 is 16.8. The first-order valence-corrected chi connectivity index (χ1v) is 10.7. The van der Waals surface area contributed by atoms with E-state index in [2.05, 4.69) is 16.3 Å². The van der Waals surface area contributed by atoms with Gasteiger partial charge in [-0.3, -0.25) is 4.90 Å². The number of hydrogen-bond acceptors (Lipinski definition) is 5. The van der Waals surface area contributed by atoms with E-state index in [9.17, 15) is 0 Å². The van der Waals surface area contributed by atoms with Gasteiger partial charge in [0, 0.05) is 19.6 Å². The van der Waals surface area contributed by atoms with Gasteiger partial charge in [0.2, 0.25) is 0 Å². The highest BCUT2D eigenvalue weighted by atomic mass is 35.5. The Labute approximate surface area is 182 Å². The lowest BCUT2D eigenvalue weighted by Crippen LogP contribution is -2.37. The van der Waals surface area contributed by atoms with E-state index in [1.807, 2.05) is 24.3 Å². The molecule has 29 heavy (non-hydrogen) atoms. The minimum Gasteiger partial charge on any atom is -0.493 e. The first-order valence-electron chi connectivity index (χ1n) is 9.90. The van der Waals surface area contributed by atoms with Crippen LogP contribution in [0.15, 0.2) is 36.4 Å². The lowest BCUT2D eigenvalue weighted by molar-refractivity contribution is 0.0374. The molecule has 0 atom stereocenters. The second-order valence-electron chi connectivity index (χ2n) is 7.01. The molecule has 0 saturated carbocycles. The summed E-state index contributed by atoms with van der Waals surface area (Å²) in [6.45, 7) is 7.08. The molecule has 0 radical (unpaired) electrons. The Morgan fingerprint density at radius 3 is 2.55 bits per heavy atom. The van der Waals surface area contributed by atoms with Gasteiger partial charge in [-0.2, -0.15) is 0 Å². The standard InChI is InChI=1S/C22H28Cl2N2O3/c1-27-22-14-17(15-25-7-2-8-26-9-11-28-12-10-26)4-6-21(22)29-16-18-3-5-19(23)20(24)13-18/h3-6,13-14,25H,2,7-12,15-16H2,1H3. The average Bonchev–Trinajstić information content (AvgIpc) is 2.75. The molecule has 7 heteroatoms. The third-order valence-electron chi connectivity index (χ3n) is 4.87. The van der Waals surface area contributed by atoms with Crippen molar-refractivity contribution in [2.75, 3.05) is 46.5 Å². The molecule has 1 aliphatic rings. The van der Waals surface area contributed by atoms with Crippen molar-refractivity contribution >= 4 is 23.2 Å². The highest BCUT2D eigenvalue weighted by Gasteiger charge is 2.10. The van der Waals surface area contributed by atoms with E-state index in [0.29, 0.717) is 22.4 Å². The molecule has 0 amide bonds. The largest absolute Gasteiger partial charge is 0.493 e. The first kappa shape index (κ1) is 22.2. The van der Waals surface area contributed by atoms with Gasteiger partial charge in [0.25, 0.3) is 0 Å². The van der Waals surface area contributed by atoms with Gasteiger partial charge in [0.15, 0.2) is 11.5 Å².